The lowest BCUT2D eigenvalue weighted by molar-refractivity contribution is -0.117. The number of rotatable bonds is 2. The van der Waals surface area contributed by atoms with Crippen LogP contribution in [0.5, 0.6) is 5.75 Å². The van der Waals surface area contributed by atoms with Crippen molar-refractivity contribution in [1.82, 2.24) is 4.98 Å². The quantitative estimate of drug-likeness (QED) is 0.881. The van der Waals surface area contributed by atoms with Crippen LogP contribution in [0, 0.1) is 0 Å². The minimum Gasteiger partial charge on any atom is -0.508 e. The van der Waals surface area contributed by atoms with Gasteiger partial charge in [-0.1, -0.05) is 23.2 Å². The number of nitrogens with two attached hydrogens (primary N) is 1. The van der Waals surface area contributed by atoms with Gasteiger partial charge >= 0.3 is 0 Å². The Morgan fingerprint density at radius 1 is 1.27 bits per heavy atom. The standard InChI is InChI=1S/C15H13Cl2N3O2/c16-10-2-3-11(21)14(15(10)17)8-5-13(22)20(7-8)9-1-4-12(18)19-6-9/h1-4,6,8,21H,5,7H2,(H2,18,19)/t8-/m1/s1. The third-order valence-electron chi connectivity index (χ3n) is 3.73. The van der Waals surface area contributed by atoms with E-state index in [9.17, 15) is 9.90 Å². The van der Waals surface area contributed by atoms with Crippen LogP contribution in [0.4, 0.5) is 11.5 Å². The number of carbonyl (C=O) groups is 1. The van der Waals surface area contributed by atoms with Gasteiger partial charge in [0.15, 0.2) is 0 Å². The van der Waals surface area contributed by atoms with Gasteiger partial charge in [0.25, 0.3) is 0 Å². The van der Waals surface area contributed by atoms with Crippen molar-refractivity contribution in [1.29, 1.82) is 0 Å². The summed E-state index contributed by atoms with van der Waals surface area (Å²) in [5.74, 6) is 0.148. The van der Waals surface area contributed by atoms with Crippen LogP contribution in [0.15, 0.2) is 30.5 Å². The smallest absolute Gasteiger partial charge is 0.227 e. The molecule has 1 amide bonds. The predicted molar refractivity (Wildman–Crippen MR) is 86.5 cm³/mol. The number of nitrogen functional groups attached to an aromatic ring is 1. The number of benzene rings is 1. The third-order valence-corrected chi connectivity index (χ3v) is 4.54. The molecule has 1 aliphatic rings. The number of hydrogen-bond acceptors (Lipinski definition) is 4. The molecule has 0 aliphatic carbocycles. The first-order valence-electron chi connectivity index (χ1n) is 6.66. The van der Waals surface area contributed by atoms with E-state index < -0.39 is 0 Å². The molecular formula is C15H13Cl2N3O2. The lowest BCUT2D eigenvalue weighted by Crippen LogP contribution is -2.24. The number of phenolic OH excluding ortho intramolecular Hbond substituents is 1. The van der Waals surface area contributed by atoms with Gasteiger partial charge in [0.2, 0.25) is 5.91 Å². The van der Waals surface area contributed by atoms with Gasteiger partial charge in [0.1, 0.15) is 11.6 Å². The van der Waals surface area contributed by atoms with Crippen LogP contribution in [-0.4, -0.2) is 22.5 Å². The molecule has 2 heterocycles. The van der Waals surface area contributed by atoms with E-state index in [0.29, 0.717) is 28.6 Å². The van der Waals surface area contributed by atoms with Crippen molar-refractivity contribution in [2.75, 3.05) is 17.2 Å². The number of amides is 1. The summed E-state index contributed by atoms with van der Waals surface area (Å²) in [5, 5.41) is 10.7. The molecule has 3 N–H and O–H groups in total. The van der Waals surface area contributed by atoms with E-state index in [1.165, 1.54) is 12.1 Å². The third kappa shape index (κ3) is 2.58. The number of phenols is 1. The molecule has 1 aromatic heterocycles. The molecule has 1 aromatic carbocycles. The largest absolute Gasteiger partial charge is 0.508 e. The van der Waals surface area contributed by atoms with Crippen molar-refractivity contribution in [2.45, 2.75) is 12.3 Å². The number of hydrogen-bond donors (Lipinski definition) is 2. The van der Waals surface area contributed by atoms with Gasteiger partial charge < -0.3 is 15.7 Å². The minimum absolute atomic E-state index is 0.0458. The molecule has 1 fully saturated rings. The Kier molecular flexibility index (Phi) is 3.85. The predicted octanol–water partition coefficient (Wildman–Crippen LogP) is 3.20. The first-order chi connectivity index (χ1) is 10.5. The fraction of sp³-hybridized carbons (Fsp3) is 0.200. The maximum absolute atomic E-state index is 12.3. The number of anilines is 2. The average molecular weight is 338 g/mol. The average Bonchev–Trinajstić information content (AvgIpc) is 2.86. The highest BCUT2D eigenvalue weighted by atomic mass is 35.5. The fourth-order valence-corrected chi connectivity index (χ4v) is 3.13. The summed E-state index contributed by atoms with van der Waals surface area (Å²) in [7, 11) is 0. The molecular weight excluding hydrogens is 325 g/mol. The summed E-state index contributed by atoms with van der Waals surface area (Å²) < 4.78 is 0. The van der Waals surface area contributed by atoms with E-state index in [1.807, 2.05) is 0 Å². The van der Waals surface area contributed by atoms with Crippen LogP contribution in [0.3, 0.4) is 0 Å². The number of carbonyl (C=O) groups excluding carboxylic acids is 1. The highest BCUT2D eigenvalue weighted by Gasteiger charge is 2.34. The lowest BCUT2D eigenvalue weighted by Gasteiger charge is -2.18. The summed E-state index contributed by atoms with van der Waals surface area (Å²) in [6.07, 6.45) is 1.80. The summed E-state index contributed by atoms with van der Waals surface area (Å²) in [5.41, 5.74) is 6.73. The minimum atomic E-state index is -0.226. The van der Waals surface area contributed by atoms with Crippen LogP contribution in [0.25, 0.3) is 0 Å². The molecule has 22 heavy (non-hydrogen) atoms. The fourth-order valence-electron chi connectivity index (χ4n) is 2.65. The van der Waals surface area contributed by atoms with Gasteiger partial charge in [0, 0.05) is 24.4 Å². The molecule has 0 unspecified atom stereocenters. The Hall–Kier alpha value is -1.98. The maximum Gasteiger partial charge on any atom is 0.227 e. The number of pyridine rings is 1. The Morgan fingerprint density at radius 2 is 2.05 bits per heavy atom. The number of aromatic nitrogens is 1. The molecule has 0 radical (unpaired) electrons. The van der Waals surface area contributed by atoms with E-state index in [0.717, 1.165) is 0 Å². The zero-order valence-corrected chi connectivity index (χ0v) is 13.0. The van der Waals surface area contributed by atoms with Gasteiger partial charge in [-0.15, -0.1) is 0 Å². The van der Waals surface area contributed by atoms with Crippen LogP contribution in [0.2, 0.25) is 10.0 Å². The van der Waals surface area contributed by atoms with Gasteiger partial charge in [-0.25, -0.2) is 4.98 Å². The molecule has 2 aromatic rings. The van der Waals surface area contributed by atoms with Crippen molar-refractivity contribution in [3.8, 4) is 5.75 Å². The molecule has 0 bridgehead atoms. The number of nitrogens with zero attached hydrogens (tertiary/aromatic N) is 2. The topological polar surface area (TPSA) is 79.5 Å². The van der Waals surface area contributed by atoms with E-state index in [4.69, 9.17) is 28.9 Å². The molecule has 1 saturated heterocycles. The first-order valence-corrected chi connectivity index (χ1v) is 7.41. The number of halogens is 2. The van der Waals surface area contributed by atoms with Crippen LogP contribution in [-0.2, 0) is 4.79 Å². The summed E-state index contributed by atoms with van der Waals surface area (Å²) in [4.78, 5) is 17.9. The van der Waals surface area contributed by atoms with E-state index in [2.05, 4.69) is 4.98 Å². The van der Waals surface area contributed by atoms with Crippen molar-refractivity contribution < 1.29 is 9.90 Å². The molecule has 5 nitrogen and oxygen atoms in total. The molecule has 114 valence electrons. The molecule has 7 heteroatoms. The molecule has 3 rings (SSSR count). The van der Waals surface area contributed by atoms with Gasteiger partial charge in [-0.3, -0.25) is 4.79 Å². The van der Waals surface area contributed by atoms with E-state index >= 15 is 0 Å². The Balaban J connectivity index is 1.92. The van der Waals surface area contributed by atoms with Crippen molar-refractivity contribution in [3.63, 3.8) is 0 Å². The summed E-state index contributed by atoms with van der Waals surface area (Å²) in [6, 6.07) is 6.39. The molecule has 0 spiro atoms. The Labute approximate surface area is 137 Å². The first kappa shape index (κ1) is 14.9. The van der Waals surface area contributed by atoms with E-state index in [1.54, 1.807) is 23.2 Å². The van der Waals surface area contributed by atoms with Crippen LogP contribution >= 0.6 is 23.2 Å². The zero-order chi connectivity index (χ0) is 15.9. The monoisotopic (exact) mass is 337 g/mol. The normalized spacial score (nSPS) is 18.0. The van der Waals surface area contributed by atoms with Crippen molar-refractivity contribution in [2.24, 2.45) is 0 Å². The molecule has 1 atom stereocenters. The van der Waals surface area contributed by atoms with Crippen LogP contribution in [0.1, 0.15) is 17.9 Å². The highest BCUT2D eigenvalue weighted by molar-refractivity contribution is 6.42. The zero-order valence-electron chi connectivity index (χ0n) is 11.5. The second kappa shape index (κ2) is 5.66. The van der Waals surface area contributed by atoms with Crippen LogP contribution < -0.4 is 10.6 Å². The highest BCUT2D eigenvalue weighted by Crippen LogP contribution is 2.42. The molecule has 0 saturated carbocycles. The molecule has 1 aliphatic heterocycles. The van der Waals surface area contributed by atoms with Gasteiger partial charge in [-0.05, 0) is 24.3 Å². The second-order valence-corrected chi connectivity index (χ2v) is 5.93. The summed E-state index contributed by atoms with van der Waals surface area (Å²) in [6.45, 7) is 0.401. The maximum atomic E-state index is 12.3. The Bertz CT molecular complexity index is 734. The number of aromatic hydroxyl groups is 1. The van der Waals surface area contributed by atoms with E-state index in [-0.39, 0.29) is 29.0 Å². The van der Waals surface area contributed by atoms with Crippen molar-refractivity contribution >= 4 is 40.6 Å². The van der Waals surface area contributed by atoms with Gasteiger partial charge in [-0.2, -0.15) is 0 Å². The SMILES string of the molecule is Nc1ccc(N2C[C@H](c3c(O)ccc(Cl)c3Cl)CC2=O)cn1. The second-order valence-electron chi connectivity index (χ2n) is 5.14. The Morgan fingerprint density at radius 3 is 2.73 bits per heavy atom. The van der Waals surface area contributed by atoms with Gasteiger partial charge in [0.05, 0.1) is 21.9 Å². The lowest BCUT2D eigenvalue weighted by atomic mass is 9.97. The van der Waals surface area contributed by atoms with Crippen molar-refractivity contribution in [3.05, 3.63) is 46.1 Å². The summed E-state index contributed by atoms with van der Waals surface area (Å²) >= 11 is 12.2.